The smallest absolute Gasteiger partial charge is 0.343 e. The summed E-state index contributed by atoms with van der Waals surface area (Å²) in [6, 6.07) is 6.39. The molecule has 0 aliphatic rings. The van der Waals surface area contributed by atoms with Crippen molar-refractivity contribution in [1.29, 1.82) is 0 Å². The van der Waals surface area contributed by atoms with E-state index in [2.05, 4.69) is 0 Å². The van der Waals surface area contributed by atoms with Gasteiger partial charge in [0.1, 0.15) is 6.54 Å². The molecule has 3 N–H and O–H groups in total. The van der Waals surface area contributed by atoms with Gasteiger partial charge in [-0.05, 0) is 30.7 Å². The van der Waals surface area contributed by atoms with Gasteiger partial charge in [-0.3, -0.25) is 4.79 Å². The molecule has 6 heteroatoms. The maximum Gasteiger partial charge on any atom is 0.405 e. The van der Waals surface area contributed by atoms with Crippen LogP contribution in [-0.2, 0) is 6.42 Å². The molecular weight excluding hydrogens is 233 g/mol. The largest absolute Gasteiger partial charge is 0.405 e. The molecule has 1 amide bonds. The van der Waals surface area contributed by atoms with Crippen LogP contribution in [0.15, 0.2) is 24.3 Å². The monoisotopic (exact) mass is 246 g/mol. The Labute approximate surface area is 96.8 Å². The number of hydrogen-bond donors (Lipinski definition) is 2. The van der Waals surface area contributed by atoms with E-state index in [0.717, 1.165) is 5.56 Å². The van der Waals surface area contributed by atoms with Gasteiger partial charge in [0.25, 0.3) is 5.91 Å². The average molecular weight is 246 g/mol. The molecule has 94 valence electrons. The van der Waals surface area contributed by atoms with E-state index in [1.807, 2.05) is 5.32 Å². The minimum atomic E-state index is -4.40. The molecule has 0 radical (unpaired) electrons. The van der Waals surface area contributed by atoms with Crippen molar-refractivity contribution in [2.45, 2.75) is 12.6 Å². The van der Waals surface area contributed by atoms with Gasteiger partial charge < -0.3 is 11.1 Å². The molecule has 0 spiro atoms. The lowest BCUT2D eigenvalue weighted by molar-refractivity contribution is -0.123. The van der Waals surface area contributed by atoms with Crippen molar-refractivity contribution in [3.8, 4) is 0 Å². The van der Waals surface area contributed by atoms with Gasteiger partial charge >= 0.3 is 6.18 Å². The van der Waals surface area contributed by atoms with Gasteiger partial charge in [0.15, 0.2) is 0 Å². The molecule has 0 aliphatic carbocycles. The van der Waals surface area contributed by atoms with Gasteiger partial charge in [-0.2, -0.15) is 13.2 Å². The third kappa shape index (κ3) is 4.86. The van der Waals surface area contributed by atoms with Crippen molar-refractivity contribution in [3.63, 3.8) is 0 Å². The zero-order chi connectivity index (χ0) is 12.9. The number of alkyl halides is 3. The highest BCUT2D eigenvalue weighted by Crippen LogP contribution is 2.13. The Morgan fingerprint density at radius 1 is 1.35 bits per heavy atom. The van der Waals surface area contributed by atoms with E-state index in [1.54, 1.807) is 18.2 Å². The summed E-state index contributed by atoms with van der Waals surface area (Å²) in [4.78, 5) is 11.4. The third-order valence-electron chi connectivity index (χ3n) is 2.07. The van der Waals surface area contributed by atoms with Crippen molar-refractivity contribution < 1.29 is 18.0 Å². The van der Waals surface area contributed by atoms with Gasteiger partial charge in [0, 0.05) is 5.56 Å². The zero-order valence-corrected chi connectivity index (χ0v) is 9.05. The van der Waals surface area contributed by atoms with Crippen molar-refractivity contribution in [1.82, 2.24) is 5.32 Å². The molecule has 0 atom stereocenters. The van der Waals surface area contributed by atoms with Gasteiger partial charge in [-0.1, -0.05) is 12.1 Å². The summed E-state index contributed by atoms with van der Waals surface area (Å²) in [5.74, 6) is -0.735. The molecule has 0 heterocycles. The number of carbonyl (C=O) groups excluding carboxylic acids is 1. The van der Waals surface area contributed by atoms with Crippen LogP contribution in [0.3, 0.4) is 0 Å². The molecule has 0 saturated heterocycles. The Kier molecular flexibility index (Phi) is 4.51. The van der Waals surface area contributed by atoms with Gasteiger partial charge in [-0.25, -0.2) is 0 Å². The first-order valence-corrected chi connectivity index (χ1v) is 5.06. The fourth-order valence-electron chi connectivity index (χ4n) is 1.32. The maximum atomic E-state index is 11.9. The number of halogens is 3. The summed E-state index contributed by atoms with van der Waals surface area (Å²) in [6.45, 7) is -0.902. The highest BCUT2D eigenvalue weighted by atomic mass is 19.4. The van der Waals surface area contributed by atoms with Crippen molar-refractivity contribution in [3.05, 3.63) is 35.4 Å². The van der Waals surface area contributed by atoms with E-state index in [1.165, 1.54) is 6.07 Å². The number of nitrogens with one attached hydrogen (secondary N) is 1. The summed E-state index contributed by atoms with van der Waals surface area (Å²) in [6.07, 6.45) is -3.81. The Bertz CT molecular complexity index is 391. The third-order valence-corrected chi connectivity index (χ3v) is 2.07. The number of carbonyl (C=O) groups is 1. The first kappa shape index (κ1) is 13.5. The standard InChI is InChI=1S/C11H13F3N2O/c12-11(13,14)7-16-10(17)9-3-1-2-8(6-9)4-5-15/h1-3,6H,4-5,7,15H2,(H,16,17). The van der Waals surface area contributed by atoms with Crippen LogP contribution < -0.4 is 11.1 Å². The zero-order valence-electron chi connectivity index (χ0n) is 9.05. The van der Waals surface area contributed by atoms with Crippen molar-refractivity contribution in [2.24, 2.45) is 5.73 Å². The first-order chi connectivity index (χ1) is 7.92. The molecule has 0 saturated carbocycles. The average Bonchev–Trinajstić information content (AvgIpc) is 2.26. The highest BCUT2D eigenvalue weighted by Gasteiger charge is 2.27. The van der Waals surface area contributed by atoms with Crippen LogP contribution in [0.1, 0.15) is 15.9 Å². The van der Waals surface area contributed by atoms with Crippen LogP contribution in [0.5, 0.6) is 0 Å². The normalized spacial score (nSPS) is 11.3. The summed E-state index contributed by atoms with van der Waals surface area (Å²) in [7, 11) is 0. The molecule has 1 aromatic rings. The minimum absolute atomic E-state index is 0.209. The van der Waals surface area contributed by atoms with Gasteiger partial charge in [0.2, 0.25) is 0 Å². The summed E-state index contributed by atoms with van der Waals surface area (Å²) in [5.41, 5.74) is 6.39. The molecule has 1 rings (SSSR count). The first-order valence-electron chi connectivity index (χ1n) is 5.06. The number of amides is 1. The molecule has 0 fully saturated rings. The molecular formula is C11H13F3N2O. The topological polar surface area (TPSA) is 55.1 Å². The van der Waals surface area contributed by atoms with E-state index in [-0.39, 0.29) is 5.56 Å². The molecule has 0 bridgehead atoms. The number of benzene rings is 1. The summed E-state index contributed by atoms with van der Waals surface area (Å²) < 4.78 is 35.7. The lowest BCUT2D eigenvalue weighted by Crippen LogP contribution is -2.33. The lowest BCUT2D eigenvalue weighted by atomic mass is 10.1. The Balaban J connectivity index is 2.65. The second-order valence-corrected chi connectivity index (χ2v) is 3.54. The molecule has 3 nitrogen and oxygen atoms in total. The SMILES string of the molecule is NCCc1cccc(C(=O)NCC(F)(F)F)c1. The summed E-state index contributed by atoms with van der Waals surface area (Å²) >= 11 is 0. The molecule has 1 aromatic carbocycles. The van der Waals surface area contributed by atoms with Crippen LogP contribution in [0.2, 0.25) is 0 Å². The van der Waals surface area contributed by atoms with E-state index < -0.39 is 18.6 Å². The van der Waals surface area contributed by atoms with E-state index >= 15 is 0 Å². The van der Waals surface area contributed by atoms with Crippen molar-refractivity contribution in [2.75, 3.05) is 13.1 Å². The second kappa shape index (κ2) is 5.67. The molecule has 17 heavy (non-hydrogen) atoms. The second-order valence-electron chi connectivity index (χ2n) is 3.54. The highest BCUT2D eigenvalue weighted by molar-refractivity contribution is 5.94. The minimum Gasteiger partial charge on any atom is -0.343 e. The van der Waals surface area contributed by atoms with Crippen LogP contribution >= 0.6 is 0 Å². The fraction of sp³-hybridized carbons (Fsp3) is 0.364. The van der Waals surface area contributed by atoms with E-state index in [4.69, 9.17) is 5.73 Å². The number of hydrogen-bond acceptors (Lipinski definition) is 2. The van der Waals surface area contributed by atoms with Crippen LogP contribution in [-0.4, -0.2) is 25.2 Å². The van der Waals surface area contributed by atoms with Crippen LogP contribution in [0.4, 0.5) is 13.2 Å². The molecule has 0 aromatic heterocycles. The fourth-order valence-corrected chi connectivity index (χ4v) is 1.32. The number of rotatable bonds is 4. The molecule has 0 aliphatic heterocycles. The Morgan fingerprint density at radius 2 is 2.06 bits per heavy atom. The van der Waals surface area contributed by atoms with Crippen LogP contribution in [0.25, 0.3) is 0 Å². The van der Waals surface area contributed by atoms with E-state index in [9.17, 15) is 18.0 Å². The van der Waals surface area contributed by atoms with Gasteiger partial charge in [0.05, 0.1) is 0 Å². The van der Waals surface area contributed by atoms with Crippen molar-refractivity contribution >= 4 is 5.91 Å². The molecule has 0 unspecified atom stereocenters. The lowest BCUT2D eigenvalue weighted by Gasteiger charge is -2.09. The van der Waals surface area contributed by atoms with Crippen LogP contribution in [0, 0.1) is 0 Å². The predicted octanol–water partition coefficient (Wildman–Crippen LogP) is 1.48. The Hall–Kier alpha value is -1.56. The predicted molar refractivity (Wildman–Crippen MR) is 57.6 cm³/mol. The van der Waals surface area contributed by atoms with E-state index in [0.29, 0.717) is 13.0 Å². The maximum absolute atomic E-state index is 11.9. The number of nitrogens with two attached hydrogens (primary N) is 1. The Morgan fingerprint density at radius 3 is 2.65 bits per heavy atom. The van der Waals surface area contributed by atoms with Gasteiger partial charge in [-0.15, -0.1) is 0 Å². The quantitative estimate of drug-likeness (QED) is 0.845. The summed E-state index contributed by atoms with van der Waals surface area (Å²) in [5, 5.41) is 1.81.